The lowest BCUT2D eigenvalue weighted by Gasteiger charge is -2.11. The predicted octanol–water partition coefficient (Wildman–Crippen LogP) is 1.66. The van der Waals surface area contributed by atoms with Crippen molar-refractivity contribution < 1.29 is 4.79 Å². The molecule has 0 aliphatic rings. The second kappa shape index (κ2) is 7.81. The van der Waals surface area contributed by atoms with Crippen LogP contribution in [0.25, 0.3) is 0 Å². The summed E-state index contributed by atoms with van der Waals surface area (Å²) in [5, 5.41) is 2.87. The standard InChI is InChI=1S/C12H17N3O.ClH/c1-3-4-9(2)15-12(16)10-5-6-14-11(7-10)8-13;/h3,5-7,9H,1,4,8,13H2,2H3,(H,15,16);1H. The Morgan fingerprint density at radius 3 is 3.00 bits per heavy atom. The highest BCUT2D eigenvalue weighted by molar-refractivity contribution is 5.94. The van der Waals surface area contributed by atoms with E-state index in [2.05, 4.69) is 16.9 Å². The molecule has 1 unspecified atom stereocenters. The lowest BCUT2D eigenvalue weighted by atomic mass is 10.2. The first-order valence-corrected chi connectivity index (χ1v) is 5.24. The summed E-state index contributed by atoms with van der Waals surface area (Å²) in [6.07, 6.45) is 4.12. The van der Waals surface area contributed by atoms with Gasteiger partial charge in [-0.1, -0.05) is 6.08 Å². The Morgan fingerprint density at radius 1 is 1.71 bits per heavy atom. The van der Waals surface area contributed by atoms with E-state index >= 15 is 0 Å². The van der Waals surface area contributed by atoms with Crippen LogP contribution < -0.4 is 11.1 Å². The summed E-state index contributed by atoms with van der Waals surface area (Å²) in [6, 6.07) is 3.46. The summed E-state index contributed by atoms with van der Waals surface area (Å²) in [5.41, 5.74) is 6.76. The first-order chi connectivity index (χ1) is 7.67. The molecule has 0 spiro atoms. The lowest BCUT2D eigenvalue weighted by Crippen LogP contribution is -2.32. The highest BCUT2D eigenvalue weighted by Gasteiger charge is 2.09. The Hall–Kier alpha value is -1.39. The number of amides is 1. The summed E-state index contributed by atoms with van der Waals surface area (Å²) in [7, 11) is 0. The van der Waals surface area contributed by atoms with Crippen molar-refractivity contribution in [3.8, 4) is 0 Å². The van der Waals surface area contributed by atoms with Gasteiger partial charge in [-0.05, 0) is 25.5 Å². The van der Waals surface area contributed by atoms with Gasteiger partial charge in [0, 0.05) is 24.3 Å². The molecule has 0 aromatic carbocycles. The van der Waals surface area contributed by atoms with Crippen LogP contribution in [0.15, 0.2) is 31.0 Å². The van der Waals surface area contributed by atoms with Crippen molar-refractivity contribution >= 4 is 18.3 Å². The molecule has 1 rings (SSSR count). The van der Waals surface area contributed by atoms with E-state index in [1.165, 1.54) is 0 Å². The van der Waals surface area contributed by atoms with E-state index < -0.39 is 0 Å². The fraction of sp³-hybridized carbons (Fsp3) is 0.333. The van der Waals surface area contributed by atoms with Crippen molar-refractivity contribution in [2.75, 3.05) is 0 Å². The minimum Gasteiger partial charge on any atom is -0.349 e. The SMILES string of the molecule is C=CCC(C)NC(=O)c1ccnc(CN)c1.Cl. The van der Waals surface area contributed by atoms with Gasteiger partial charge in [-0.15, -0.1) is 19.0 Å². The van der Waals surface area contributed by atoms with Crippen molar-refractivity contribution in [3.05, 3.63) is 42.2 Å². The summed E-state index contributed by atoms with van der Waals surface area (Å²) in [4.78, 5) is 15.8. The first kappa shape index (κ1) is 15.6. The number of nitrogens with two attached hydrogens (primary N) is 1. The molecule has 0 fully saturated rings. The molecule has 1 amide bonds. The summed E-state index contributed by atoms with van der Waals surface area (Å²) in [5.74, 6) is -0.105. The number of nitrogens with zero attached hydrogens (tertiary/aromatic N) is 1. The molecule has 0 bridgehead atoms. The second-order valence-electron chi connectivity index (χ2n) is 3.64. The number of pyridine rings is 1. The summed E-state index contributed by atoms with van der Waals surface area (Å²) >= 11 is 0. The molecule has 5 heteroatoms. The monoisotopic (exact) mass is 255 g/mol. The number of halogens is 1. The van der Waals surface area contributed by atoms with Crippen LogP contribution in [0.2, 0.25) is 0 Å². The molecule has 17 heavy (non-hydrogen) atoms. The summed E-state index contributed by atoms with van der Waals surface area (Å²) in [6.45, 7) is 5.90. The molecular formula is C12H18ClN3O. The number of carbonyl (C=O) groups is 1. The third-order valence-electron chi connectivity index (χ3n) is 2.19. The second-order valence-corrected chi connectivity index (χ2v) is 3.64. The highest BCUT2D eigenvalue weighted by atomic mass is 35.5. The van der Waals surface area contributed by atoms with E-state index in [-0.39, 0.29) is 24.4 Å². The number of carbonyl (C=O) groups excluding carboxylic acids is 1. The van der Waals surface area contributed by atoms with Gasteiger partial charge in [0.15, 0.2) is 0 Å². The van der Waals surface area contributed by atoms with E-state index in [0.29, 0.717) is 17.8 Å². The van der Waals surface area contributed by atoms with E-state index in [1.54, 1.807) is 24.4 Å². The van der Waals surface area contributed by atoms with Gasteiger partial charge in [0.25, 0.3) is 5.91 Å². The maximum Gasteiger partial charge on any atom is 0.251 e. The third-order valence-corrected chi connectivity index (χ3v) is 2.19. The molecular weight excluding hydrogens is 238 g/mol. The minimum absolute atomic E-state index is 0. The van der Waals surface area contributed by atoms with Gasteiger partial charge in [0.1, 0.15) is 0 Å². The van der Waals surface area contributed by atoms with E-state index in [9.17, 15) is 4.79 Å². The molecule has 94 valence electrons. The maximum atomic E-state index is 11.8. The average Bonchev–Trinajstić information content (AvgIpc) is 2.29. The maximum absolute atomic E-state index is 11.8. The van der Waals surface area contributed by atoms with Crippen LogP contribution in [-0.2, 0) is 6.54 Å². The van der Waals surface area contributed by atoms with Gasteiger partial charge >= 0.3 is 0 Å². The van der Waals surface area contributed by atoms with E-state index in [4.69, 9.17) is 5.73 Å². The fourth-order valence-electron chi connectivity index (χ4n) is 1.35. The summed E-state index contributed by atoms with van der Waals surface area (Å²) < 4.78 is 0. The fourth-order valence-corrected chi connectivity index (χ4v) is 1.35. The van der Waals surface area contributed by atoms with Crippen molar-refractivity contribution in [2.45, 2.75) is 25.9 Å². The van der Waals surface area contributed by atoms with Gasteiger partial charge in [-0.3, -0.25) is 9.78 Å². The number of hydrogen-bond donors (Lipinski definition) is 2. The van der Waals surface area contributed by atoms with E-state index in [1.807, 2.05) is 6.92 Å². The number of hydrogen-bond acceptors (Lipinski definition) is 3. The molecule has 1 aromatic rings. The van der Waals surface area contributed by atoms with Gasteiger partial charge in [0.05, 0.1) is 5.69 Å². The van der Waals surface area contributed by atoms with Gasteiger partial charge in [0.2, 0.25) is 0 Å². The molecule has 0 radical (unpaired) electrons. The van der Waals surface area contributed by atoms with E-state index in [0.717, 1.165) is 6.42 Å². The number of aromatic nitrogens is 1. The molecule has 1 atom stereocenters. The largest absolute Gasteiger partial charge is 0.349 e. The smallest absolute Gasteiger partial charge is 0.251 e. The van der Waals surface area contributed by atoms with Gasteiger partial charge in [-0.25, -0.2) is 0 Å². The molecule has 0 saturated carbocycles. The zero-order valence-corrected chi connectivity index (χ0v) is 10.7. The molecule has 3 N–H and O–H groups in total. The zero-order chi connectivity index (χ0) is 12.0. The molecule has 4 nitrogen and oxygen atoms in total. The van der Waals surface area contributed by atoms with Crippen LogP contribution in [0, 0.1) is 0 Å². The lowest BCUT2D eigenvalue weighted by molar-refractivity contribution is 0.0940. The molecule has 1 aromatic heterocycles. The molecule has 0 saturated heterocycles. The number of rotatable bonds is 5. The highest BCUT2D eigenvalue weighted by Crippen LogP contribution is 2.02. The van der Waals surface area contributed by atoms with Gasteiger partial charge < -0.3 is 11.1 Å². The Bertz CT molecular complexity index is 382. The van der Waals surface area contributed by atoms with Crippen LogP contribution in [0.1, 0.15) is 29.4 Å². The quantitative estimate of drug-likeness (QED) is 0.787. The Balaban J connectivity index is 0.00000256. The van der Waals surface area contributed by atoms with Crippen molar-refractivity contribution in [1.82, 2.24) is 10.3 Å². The van der Waals surface area contributed by atoms with Crippen molar-refractivity contribution in [1.29, 1.82) is 0 Å². The third kappa shape index (κ3) is 4.97. The van der Waals surface area contributed by atoms with Crippen LogP contribution in [-0.4, -0.2) is 16.9 Å². The molecule has 0 aliphatic carbocycles. The van der Waals surface area contributed by atoms with Crippen LogP contribution in [0.4, 0.5) is 0 Å². The van der Waals surface area contributed by atoms with Crippen molar-refractivity contribution in [3.63, 3.8) is 0 Å². The minimum atomic E-state index is -0.105. The van der Waals surface area contributed by atoms with Crippen LogP contribution >= 0.6 is 12.4 Å². The average molecular weight is 256 g/mol. The Morgan fingerprint density at radius 2 is 2.41 bits per heavy atom. The zero-order valence-electron chi connectivity index (χ0n) is 9.85. The van der Waals surface area contributed by atoms with Crippen LogP contribution in [0.5, 0.6) is 0 Å². The first-order valence-electron chi connectivity index (χ1n) is 5.24. The van der Waals surface area contributed by atoms with Gasteiger partial charge in [-0.2, -0.15) is 0 Å². The Kier molecular flexibility index (Phi) is 7.18. The Labute approximate surface area is 108 Å². The molecule has 0 aliphatic heterocycles. The topological polar surface area (TPSA) is 68.0 Å². The number of nitrogens with one attached hydrogen (secondary N) is 1. The normalized spacial score (nSPS) is 11.2. The molecule has 1 heterocycles. The van der Waals surface area contributed by atoms with Crippen LogP contribution in [0.3, 0.4) is 0 Å². The van der Waals surface area contributed by atoms with Crippen molar-refractivity contribution in [2.24, 2.45) is 5.73 Å². The predicted molar refractivity (Wildman–Crippen MR) is 71.1 cm³/mol.